The molecule has 1 aliphatic rings. The number of rotatable bonds is 3. The Kier molecular flexibility index (Phi) is 3.35. The van der Waals surface area contributed by atoms with E-state index >= 15 is 0 Å². The van der Waals surface area contributed by atoms with Crippen molar-refractivity contribution in [3.05, 3.63) is 54.0 Å². The number of nitrogens with zero attached hydrogens (tertiary/aromatic N) is 3. The zero-order valence-corrected chi connectivity index (χ0v) is 11.5. The maximum absolute atomic E-state index is 12.3. The van der Waals surface area contributed by atoms with E-state index in [9.17, 15) is 9.59 Å². The summed E-state index contributed by atoms with van der Waals surface area (Å²) in [5.74, 6) is 0.0387. The van der Waals surface area contributed by atoms with E-state index in [-0.39, 0.29) is 11.8 Å². The van der Waals surface area contributed by atoms with Crippen LogP contribution in [0.5, 0.6) is 0 Å². The Hall–Kier alpha value is -2.76. The first kappa shape index (κ1) is 13.2. The van der Waals surface area contributed by atoms with Gasteiger partial charge >= 0.3 is 0 Å². The highest BCUT2D eigenvalue weighted by Gasteiger charge is 2.33. The Balaban J connectivity index is 1.73. The minimum Gasteiger partial charge on any atom is -0.323 e. The van der Waals surface area contributed by atoms with E-state index < -0.39 is 6.04 Å². The van der Waals surface area contributed by atoms with Crippen LogP contribution in [0.3, 0.4) is 0 Å². The molecule has 1 unspecified atom stereocenters. The molecule has 0 saturated carbocycles. The standard InChI is InChI=1S/C15H14N4O2/c1-10(14(20)18-13-6-7-16-9-17-13)19-8-11-4-2-3-5-12(11)15(19)21/h2-7,9-10H,8H2,1H3,(H,16,17,18,20). The van der Waals surface area contributed by atoms with Gasteiger partial charge in [0.25, 0.3) is 5.91 Å². The molecule has 0 spiro atoms. The second kappa shape index (κ2) is 5.32. The van der Waals surface area contributed by atoms with Crippen LogP contribution < -0.4 is 5.32 Å². The van der Waals surface area contributed by atoms with E-state index in [4.69, 9.17) is 0 Å². The highest BCUT2D eigenvalue weighted by Crippen LogP contribution is 2.24. The summed E-state index contributed by atoms with van der Waals surface area (Å²) in [6.45, 7) is 2.16. The molecule has 0 fully saturated rings. The molecule has 1 aliphatic heterocycles. The number of hydrogen-bond donors (Lipinski definition) is 1. The lowest BCUT2D eigenvalue weighted by Gasteiger charge is -2.23. The molecule has 1 aromatic heterocycles. The highest BCUT2D eigenvalue weighted by atomic mass is 16.2. The summed E-state index contributed by atoms with van der Waals surface area (Å²) in [7, 11) is 0. The molecule has 0 bridgehead atoms. The van der Waals surface area contributed by atoms with Gasteiger partial charge in [-0.25, -0.2) is 9.97 Å². The smallest absolute Gasteiger partial charge is 0.255 e. The van der Waals surface area contributed by atoms with E-state index in [1.54, 1.807) is 30.2 Å². The summed E-state index contributed by atoms with van der Waals surface area (Å²) in [5.41, 5.74) is 1.61. The lowest BCUT2D eigenvalue weighted by molar-refractivity contribution is -0.120. The molecule has 3 rings (SSSR count). The lowest BCUT2D eigenvalue weighted by Crippen LogP contribution is -2.42. The van der Waals surface area contributed by atoms with E-state index in [0.29, 0.717) is 17.9 Å². The van der Waals surface area contributed by atoms with E-state index in [0.717, 1.165) is 5.56 Å². The molecule has 21 heavy (non-hydrogen) atoms. The van der Waals surface area contributed by atoms with Crippen LogP contribution in [0, 0.1) is 0 Å². The van der Waals surface area contributed by atoms with Crippen molar-refractivity contribution in [2.24, 2.45) is 0 Å². The second-order valence-corrected chi connectivity index (χ2v) is 4.85. The zero-order chi connectivity index (χ0) is 14.8. The van der Waals surface area contributed by atoms with Crippen molar-refractivity contribution in [3.8, 4) is 0 Å². The van der Waals surface area contributed by atoms with Gasteiger partial charge < -0.3 is 10.2 Å². The molecule has 0 aliphatic carbocycles. The summed E-state index contributed by atoms with van der Waals surface area (Å²) in [5, 5.41) is 2.68. The topological polar surface area (TPSA) is 75.2 Å². The first-order valence-corrected chi connectivity index (χ1v) is 6.62. The zero-order valence-electron chi connectivity index (χ0n) is 11.5. The van der Waals surface area contributed by atoms with Gasteiger partial charge in [0.05, 0.1) is 0 Å². The fraction of sp³-hybridized carbons (Fsp3) is 0.200. The van der Waals surface area contributed by atoms with Gasteiger partial charge in [-0.2, -0.15) is 0 Å². The summed E-state index contributed by atoms with van der Waals surface area (Å²) in [6.07, 6.45) is 2.90. The molecular formula is C15H14N4O2. The van der Waals surface area contributed by atoms with Crippen LogP contribution in [-0.2, 0) is 11.3 Å². The number of anilines is 1. The summed E-state index contributed by atoms with van der Waals surface area (Å²) >= 11 is 0. The first-order valence-electron chi connectivity index (χ1n) is 6.62. The Morgan fingerprint density at radius 3 is 2.86 bits per heavy atom. The van der Waals surface area contributed by atoms with Gasteiger partial charge in [-0.05, 0) is 24.6 Å². The minimum atomic E-state index is -0.570. The molecule has 0 saturated heterocycles. The van der Waals surface area contributed by atoms with E-state index in [2.05, 4.69) is 15.3 Å². The van der Waals surface area contributed by atoms with Gasteiger partial charge in [-0.3, -0.25) is 9.59 Å². The molecule has 6 nitrogen and oxygen atoms in total. The molecular weight excluding hydrogens is 268 g/mol. The molecule has 6 heteroatoms. The number of carbonyl (C=O) groups excluding carboxylic acids is 2. The molecule has 2 heterocycles. The number of nitrogens with one attached hydrogen (secondary N) is 1. The highest BCUT2D eigenvalue weighted by molar-refractivity contribution is 6.03. The Labute approximate surface area is 121 Å². The number of benzene rings is 1. The van der Waals surface area contributed by atoms with Gasteiger partial charge in [-0.1, -0.05) is 18.2 Å². The summed E-state index contributed by atoms with van der Waals surface area (Å²) in [6, 6.07) is 8.44. The fourth-order valence-electron chi connectivity index (χ4n) is 2.33. The largest absolute Gasteiger partial charge is 0.323 e. The maximum atomic E-state index is 12.3. The molecule has 1 N–H and O–H groups in total. The van der Waals surface area contributed by atoms with Crippen LogP contribution in [-0.4, -0.2) is 32.7 Å². The molecule has 106 valence electrons. The molecule has 2 amide bonds. The van der Waals surface area contributed by atoms with Crippen molar-refractivity contribution in [2.45, 2.75) is 19.5 Å². The number of amides is 2. The Morgan fingerprint density at radius 2 is 2.14 bits per heavy atom. The van der Waals surface area contributed by atoms with Gasteiger partial charge in [-0.15, -0.1) is 0 Å². The number of carbonyl (C=O) groups is 2. The van der Waals surface area contributed by atoms with Crippen molar-refractivity contribution in [1.82, 2.24) is 14.9 Å². The van der Waals surface area contributed by atoms with Crippen LogP contribution in [0.25, 0.3) is 0 Å². The summed E-state index contributed by atoms with van der Waals surface area (Å²) < 4.78 is 0. The van der Waals surface area contributed by atoms with Crippen LogP contribution in [0.1, 0.15) is 22.8 Å². The third-order valence-corrected chi connectivity index (χ3v) is 3.53. The number of hydrogen-bond acceptors (Lipinski definition) is 4. The lowest BCUT2D eigenvalue weighted by atomic mass is 10.1. The SMILES string of the molecule is CC(C(=O)Nc1ccncn1)N1Cc2ccccc2C1=O. The monoisotopic (exact) mass is 282 g/mol. The average molecular weight is 282 g/mol. The molecule has 1 atom stereocenters. The number of aromatic nitrogens is 2. The normalized spacial score (nSPS) is 14.7. The van der Waals surface area contributed by atoms with E-state index in [1.807, 2.05) is 18.2 Å². The van der Waals surface area contributed by atoms with Crippen LogP contribution in [0.2, 0.25) is 0 Å². The summed E-state index contributed by atoms with van der Waals surface area (Å²) in [4.78, 5) is 33.8. The minimum absolute atomic E-state index is 0.115. The van der Waals surface area contributed by atoms with E-state index in [1.165, 1.54) is 6.33 Å². The third kappa shape index (κ3) is 2.47. The van der Waals surface area contributed by atoms with Gasteiger partial charge in [0, 0.05) is 18.3 Å². The van der Waals surface area contributed by atoms with Crippen molar-refractivity contribution in [1.29, 1.82) is 0 Å². The second-order valence-electron chi connectivity index (χ2n) is 4.85. The molecule has 2 aromatic rings. The van der Waals surface area contributed by atoms with Crippen LogP contribution >= 0.6 is 0 Å². The maximum Gasteiger partial charge on any atom is 0.255 e. The van der Waals surface area contributed by atoms with Crippen LogP contribution in [0.15, 0.2) is 42.9 Å². The van der Waals surface area contributed by atoms with Gasteiger partial charge in [0.1, 0.15) is 18.2 Å². The van der Waals surface area contributed by atoms with Crippen molar-refractivity contribution in [3.63, 3.8) is 0 Å². The molecule has 0 radical (unpaired) electrons. The predicted molar refractivity (Wildman–Crippen MR) is 76.4 cm³/mol. The van der Waals surface area contributed by atoms with Crippen molar-refractivity contribution < 1.29 is 9.59 Å². The Morgan fingerprint density at radius 1 is 1.33 bits per heavy atom. The van der Waals surface area contributed by atoms with Crippen molar-refractivity contribution in [2.75, 3.05) is 5.32 Å². The molecule has 1 aromatic carbocycles. The first-order chi connectivity index (χ1) is 10.2. The van der Waals surface area contributed by atoms with Crippen LogP contribution in [0.4, 0.5) is 5.82 Å². The van der Waals surface area contributed by atoms with Gasteiger partial charge in [0.15, 0.2) is 0 Å². The average Bonchev–Trinajstić information content (AvgIpc) is 2.85. The Bertz CT molecular complexity index is 687. The van der Waals surface area contributed by atoms with Crippen molar-refractivity contribution >= 4 is 17.6 Å². The van der Waals surface area contributed by atoms with Gasteiger partial charge in [0.2, 0.25) is 5.91 Å². The quantitative estimate of drug-likeness (QED) is 0.924. The fourth-order valence-corrected chi connectivity index (χ4v) is 2.33. The predicted octanol–water partition coefficient (Wildman–Crippen LogP) is 1.46. The number of fused-ring (bicyclic) bond motifs is 1. The third-order valence-electron chi connectivity index (χ3n) is 3.53.